The summed E-state index contributed by atoms with van der Waals surface area (Å²) in [5.74, 6) is 0.238. The average Bonchev–Trinajstić information content (AvgIpc) is 2.48. The number of hydrogen-bond donors (Lipinski definition) is 3. The van der Waals surface area contributed by atoms with Crippen LogP contribution in [0.4, 0.5) is 0 Å². The number of phenols is 2. The third-order valence-electron chi connectivity index (χ3n) is 4.64. The minimum absolute atomic E-state index is 0.0146. The third-order valence-corrected chi connectivity index (χ3v) is 4.64. The molecule has 0 saturated carbocycles. The standard InChI is InChI=1S/C17H17NO2/c19-15-7-10-5-6-14-17(13(10)8-16(15)20)12-4-2-1-3-11(12)9-18-14/h1-4,7-8,14,17-20H,5-6,9H2/t14-,17?/m0/s1. The lowest BCUT2D eigenvalue weighted by molar-refractivity contribution is 0.380. The molecule has 3 N–H and O–H groups in total. The third kappa shape index (κ3) is 1.63. The summed E-state index contributed by atoms with van der Waals surface area (Å²) in [6.07, 6.45) is 2.01. The van der Waals surface area contributed by atoms with Gasteiger partial charge in [0.25, 0.3) is 0 Å². The molecule has 2 aliphatic rings. The Kier molecular flexibility index (Phi) is 2.51. The SMILES string of the molecule is Oc1cc2c(cc1O)C1c3ccccc3CN[C@H]1CC2. The lowest BCUT2D eigenvalue weighted by atomic mass is 9.72. The van der Waals surface area contributed by atoms with Gasteiger partial charge in [-0.25, -0.2) is 0 Å². The zero-order chi connectivity index (χ0) is 13.7. The first-order valence-electron chi connectivity index (χ1n) is 7.10. The molecule has 3 nitrogen and oxygen atoms in total. The highest BCUT2D eigenvalue weighted by Crippen LogP contribution is 2.43. The molecule has 102 valence electrons. The molecule has 1 aliphatic heterocycles. The molecule has 0 fully saturated rings. The summed E-state index contributed by atoms with van der Waals surface area (Å²) in [7, 11) is 0. The van der Waals surface area contributed by atoms with Gasteiger partial charge in [0.05, 0.1) is 0 Å². The second kappa shape index (κ2) is 4.25. The Morgan fingerprint density at radius 3 is 2.65 bits per heavy atom. The lowest BCUT2D eigenvalue weighted by Gasteiger charge is -2.39. The Bertz CT molecular complexity index is 681. The van der Waals surface area contributed by atoms with Crippen molar-refractivity contribution in [2.75, 3.05) is 0 Å². The molecular weight excluding hydrogens is 250 g/mol. The van der Waals surface area contributed by atoms with E-state index in [1.54, 1.807) is 12.1 Å². The van der Waals surface area contributed by atoms with E-state index in [0.29, 0.717) is 6.04 Å². The van der Waals surface area contributed by atoms with Crippen molar-refractivity contribution in [1.29, 1.82) is 0 Å². The van der Waals surface area contributed by atoms with Crippen LogP contribution in [0, 0.1) is 0 Å². The van der Waals surface area contributed by atoms with Gasteiger partial charge >= 0.3 is 0 Å². The summed E-state index contributed by atoms with van der Waals surface area (Å²) in [6, 6.07) is 12.4. The van der Waals surface area contributed by atoms with E-state index in [-0.39, 0.29) is 17.4 Å². The first-order chi connectivity index (χ1) is 9.74. The molecule has 0 bridgehead atoms. The molecule has 2 atom stereocenters. The topological polar surface area (TPSA) is 52.5 Å². The van der Waals surface area contributed by atoms with Gasteiger partial charge in [-0.2, -0.15) is 0 Å². The molecule has 1 aliphatic carbocycles. The Morgan fingerprint density at radius 2 is 1.75 bits per heavy atom. The zero-order valence-corrected chi connectivity index (χ0v) is 11.1. The maximum atomic E-state index is 9.84. The van der Waals surface area contributed by atoms with E-state index in [2.05, 4.69) is 29.6 Å². The minimum atomic E-state index is -0.0209. The highest BCUT2D eigenvalue weighted by Gasteiger charge is 2.35. The smallest absolute Gasteiger partial charge is 0.157 e. The van der Waals surface area contributed by atoms with Crippen LogP contribution in [0.3, 0.4) is 0 Å². The number of fused-ring (bicyclic) bond motifs is 5. The number of hydrogen-bond acceptors (Lipinski definition) is 3. The lowest BCUT2D eigenvalue weighted by Crippen LogP contribution is -2.42. The summed E-state index contributed by atoms with van der Waals surface area (Å²) in [6.45, 7) is 0.913. The van der Waals surface area contributed by atoms with Crippen LogP contribution < -0.4 is 5.32 Å². The first kappa shape index (κ1) is 11.8. The predicted molar refractivity (Wildman–Crippen MR) is 77.0 cm³/mol. The number of rotatable bonds is 0. The number of benzene rings is 2. The van der Waals surface area contributed by atoms with E-state index in [0.717, 1.165) is 30.5 Å². The summed E-state index contributed by atoms with van der Waals surface area (Å²) >= 11 is 0. The number of aryl methyl sites for hydroxylation is 1. The van der Waals surface area contributed by atoms with E-state index < -0.39 is 0 Å². The van der Waals surface area contributed by atoms with Crippen LogP contribution in [0.1, 0.15) is 34.6 Å². The van der Waals surface area contributed by atoms with Gasteiger partial charge in [0.2, 0.25) is 0 Å². The molecule has 2 aromatic rings. The van der Waals surface area contributed by atoms with Crippen molar-refractivity contribution in [2.24, 2.45) is 0 Å². The highest BCUT2D eigenvalue weighted by molar-refractivity contribution is 5.53. The quantitative estimate of drug-likeness (QED) is 0.643. The van der Waals surface area contributed by atoms with E-state index in [1.807, 2.05) is 0 Å². The maximum absolute atomic E-state index is 9.84. The Balaban J connectivity index is 1.92. The van der Waals surface area contributed by atoms with Gasteiger partial charge in [0.1, 0.15) is 0 Å². The fourth-order valence-electron chi connectivity index (χ4n) is 3.68. The first-order valence-corrected chi connectivity index (χ1v) is 7.10. The molecular formula is C17H17NO2. The largest absolute Gasteiger partial charge is 0.504 e. The molecule has 1 unspecified atom stereocenters. The van der Waals surface area contributed by atoms with E-state index in [1.165, 1.54) is 11.1 Å². The number of nitrogens with one attached hydrogen (secondary N) is 1. The molecule has 0 amide bonds. The van der Waals surface area contributed by atoms with Crippen LogP contribution in [0.5, 0.6) is 11.5 Å². The molecule has 0 saturated heterocycles. The summed E-state index contributed by atoms with van der Waals surface area (Å²) < 4.78 is 0. The van der Waals surface area contributed by atoms with Crippen molar-refractivity contribution >= 4 is 0 Å². The summed E-state index contributed by atoms with van der Waals surface area (Å²) in [4.78, 5) is 0. The van der Waals surface area contributed by atoms with Crippen molar-refractivity contribution in [3.63, 3.8) is 0 Å². The molecule has 2 aromatic carbocycles. The van der Waals surface area contributed by atoms with Gasteiger partial charge in [-0.05, 0) is 47.2 Å². The monoisotopic (exact) mass is 267 g/mol. The van der Waals surface area contributed by atoms with Crippen molar-refractivity contribution in [3.8, 4) is 11.5 Å². The van der Waals surface area contributed by atoms with Gasteiger partial charge < -0.3 is 15.5 Å². The van der Waals surface area contributed by atoms with E-state index in [9.17, 15) is 10.2 Å². The van der Waals surface area contributed by atoms with Gasteiger partial charge in [-0.1, -0.05) is 24.3 Å². The molecule has 0 aromatic heterocycles. The fourth-order valence-corrected chi connectivity index (χ4v) is 3.68. The molecule has 4 rings (SSSR count). The molecule has 3 heteroatoms. The summed E-state index contributed by atoms with van der Waals surface area (Å²) in [5, 5.41) is 23.2. The maximum Gasteiger partial charge on any atom is 0.157 e. The van der Waals surface area contributed by atoms with Crippen molar-refractivity contribution < 1.29 is 10.2 Å². The minimum Gasteiger partial charge on any atom is -0.504 e. The Labute approximate surface area is 117 Å². The summed E-state index contributed by atoms with van der Waals surface area (Å²) in [5.41, 5.74) is 4.98. The zero-order valence-electron chi connectivity index (χ0n) is 11.1. The van der Waals surface area contributed by atoms with Crippen molar-refractivity contribution in [1.82, 2.24) is 5.32 Å². The van der Waals surface area contributed by atoms with Crippen LogP contribution >= 0.6 is 0 Å². The number of phenolic OH excluding ortho intramolecular Hbond substituents is 2. The number of aromatic hydroxyl groups is 2. The van der Waals surface area contributed by atoms with Gasteiger partial charge in [0, 0.05) is 18.5 Å². The predicted octanol–water partition coefficient (Wildman–Crippen LogP) is 2.65. The second-order valence-electron chi connectivity index (χ2n) is 5.74. The average molecular weight is 267 g/mol. The molecule has 0 spiro atoms. The Hall–Kier alpha value is -2.00. The van der Waals surface area contributed by atoms with Crippen LogP contribution in [0.15, 0.2) is 36.4 Å². The molecule has 0 radical (unpaired) electrons. The van der Waals surface area contributed by atoms with Crippen LogP contribution in [0.25, 0.3) is 0 Å². The second-order valence-corrected chi connectivity index (χ2v) is 5.74. The molecule has 1 heterocycles. The van der Waals surface area contributed by atoms with Crippen molar-refractivity contribution in [3.05, 3.63) is 58.7 Å². The van der Waals surface area contributed by atoms with E-state index >= 15 is 0 Å². The highest BCUT2D eigenvalue weighted by atomic mass is 16.3. The van der Waals surface area contributed by atoms with E-state index in [4.69, 9.17) is 0 Å². The molecule has 20 heavy (non-hydrogen) atoms. The normalized spacial score (nSPS) is 23.6. The van der Waals surface area contributed by atoms with Gasteiger partial charge in [-0.15, -0.1) is 0 Å². The van der Waals surface area contributed by atoms with Gasteiger partial charge in [0.15, 0.2) is 11.5 Å². The van der Waals surface area contributed by atoms with Gasteiger partial charge in [-0.3, -0.25) is 0 Å². The van der Waals surface area contributed by atoms with Crippen molar-refractivity contribution in [2.45, 2.75) is 31.3 Å². The van der Waals surface area contributed by atoms with Crippen LogP contribution in [-0.2, 0) is 13.0 Å². The Morgan fingerprint density at radius 1 is 0.950 bits per heavy atom. The van der Waals surface area contributed by atoms with Crippen LogP contribution in [-0.4, -0.2) is 16.3 Å². The van der Waals surface area contributed by atoms with Crippen LogP contribution in [0.2, 0.25) is 0 Å². The fraction of sp³-hybridized carbons (Fsp3) is 0.294.